The van der Waals surface area contributed by atoms with Crippen molar-refractivity contribution in [2.45, 2.75) is 0 Å². The predicted octanol–water partition coefficient (Wildman–Crippen LogP) is 1.75. The van der Waals surface area contributed by atoms with Gasteiger partial charge in [0.25, 0.3) is 0 Å². The lowest BCUT2D eigenvalue weighted by Crippen LogP contribution is -2.23. The molecule has 0 aromatic heterocycles. The first-order chi connectivity index (χ1) is 7.97. The molecule has 0 atom stereocenters. The zero-order valence-corrected chi connectivity index (χ0v) is 8.82. The summed E-state index contributed by atoms with van der Waals surface area (Å²) in [5, 5.41) is 10.1. The fraction of sp³-hybridized carbons (Fsp3) is 0. The minimum Gasteiger partial charge on any atom is -0.159 e. The third-order valence-corrected chi connectivity index (χ3v) is 2.09. The van der Waals surface area contributed by atoms with Gasteiger partial charge in [0.05, 0.1) is 5.36 Å². The lowest BCUT2D eigenvalue weighted by molar-refractivity contribution is 1.13. The number of hydrogen-bond acceptors (Lipinski definition) is 2. The van der Waals surface area contributed by atoms with Gasteiger partial charge >= 0.3 is 0 Å². The molecule has 1 aliphatic rings. The van der Waals surface area contributed by atoms with Crippen molar-refractivity contribution in [2.75, 3.05) is 0 Å². The molecule has 2 heteroatoms. The van der Waals surface area contributed by atoms with Gasteiger partial charge in [-0.1, -0.05) is 54.7 Å². The Hall–Kier alpha value is -2.22. The van der Waals surface area contributed by atoms with Gasteiger partial charge in [0, 0.05) is 11.4 Å². The van der Waals surface area contributed by atoms with Gasteiger partial charge < -0.3 is 0 Å². The van der Waals surface area contributed by atoms with Crippen molar-refractivity contribution in [1.82, 2.24) is 0 Å². The second-order valence-corrected chi connectivity index (χ2v) is 3.24. The molecule has 2 nitrogen and oxygen atoms in total. The van der Waals surface area contributed by atoms with Crippen molar-refractivity contribution < 1.29 is 0 Å². The SMILES string of the molecule is C1=CC=CC=c2ccccc2=NN=CC=C1. The molecule has 0 radical (unpaired) electrons. The van der Waals surface area contributed by atoms with Crippen molar-refractivity contribution in [3.05, 3.63) is 71.3 Å². The molecule has 1 aliphatic heterocycles. The Morgan fingerprint density at radius 3 is 2.44 bits per heavy atom. The molecule has 0 fully saturated rings. The highest BCUT2D eigenvalue weighted by molar-refractivity contribution is 5.71. The first-order valence-electron chi connectivity index (χ1n) is 5.13. The largest absolute Gasteiger partial charge is 0.159 e. The molecular weight excluding hydrogens is 196 g/mol. The molecule has 0 amide bonds. The zero-order chi connectivity index (χ0) is 11.1. The normalized spacial score (nSPS) is 14.2. The number of benzene rings is 1. The lowest BCUT2D eigenvalue weighted by atomic mass is 10.2. The summed E-state index contributed by atoms with van der Waals surface area (Å²) in [5.41, 5.74) is 0. The van der Waals surface area contributed by atoms with Gasteiger partial charge in [0.15, 0.2) is 0 Å². The Bertz CT molecular complexity index is 522. The van der Waals surface area contributed by atoms with E-state index in [1.54, 1.807) is 6.21 Å². The molecule has 0 bridgehead atoms. The van der Waals surface area contributed by atoms with Crippen LogP contribution in [0.4, 0.5) is 0 Å². The Morgan fingerprint density at radius 1 is 0.750 bits per heavy atom. The van der Waals surface area contributed by atoms with Gasteiger partial charge in [-0.25, -0.2) is 0 Å². The third kappa shape index (κ3) is 2.89. The monoisotopic (exact) mass is 208 g/mol. The highest BCUT2D eigenvalue weighted by Gasteiger charge is 1.82. The molecule has 0 spiro atoms. The van der Waals surface area contributed by atoms with Gasteiger partial charge in [-0.05, 0) is 12.1 Å². The van der Waals surface area contributed by atoms with Crippen molar-refractivity contribution in [3.8, 4) is 0 Å². The number of allylic oxidation sites excluding steroid dienone is 6. The minimum atomic E-state index is 0.876. The average Bonchev–Trinajstić information content (AvgIpc) is 2.30. The van der Waals surface area contributed by atoms with Gasteiger partial charge in [-0.15, -0.1) is 0 Å². The summed E-state index contributed by atoms with van der Waals surface area (Å²) in [6.45, 7) is 0. The second kappa shape index (κ2) is 5.61. The van der Waals surface area contributed by atoms with Crippen LogP contribution in [-0.4, -0.2) is 6.21 Å². The van der Waals surface area contributed by atoms with Crippen LogP contribution in [0.1, 0.15) is 0 Å². The Kier molecular flexibility index (Phi) is 3.61. The molecule has 0 saturated heterocycles. The fourth-order valence-electron chi connectivity index (χ4n) is 1.32. The molecule has 1 aromatic rings. The van der Waals surface area contributed by atoms with Crippen molar-refractivity contribution in [1.29, 1.82) is 0 Å². The van der Waals surface area contributed by atoms with Crippen molar-refractivity contribution in [3.63, 3.8) is 0 Å². The Labute approximate surface area is 94.3 Å². The van der Waals surface area contributed by atoms with E-state index in [2.05, 4.69) is 10.2 Å². The van der Waals surface area contributed by atoms with E-state index >= 15 is 0 Å². The summed E-state index contributed by atoms with van der Waals surface area (Å²) in [4.78, 5) is 0. The smallest absolute Gasteiger partial charge is 0.0929 e. The standard InChI is InChI=1S/C14H12N2/c1-2-4-8-12-15-16-14-11-7-6-10-13(14)9-5-3-1/h1-12H. The maximum Gasteiger partial charge on any atom is 0.0929 e. The van der Waals surface area contributed by atoms with Crippen LogP contribution in [0.25, 0.3) is 6.08 Å². The summed E-state index contributed by atoms with van der Waals surface area (Å²) in [6, 6.07) is 7.91. The molecule has 78 valence electrons. The first kappa shape index (κ1) is 10.3. The van der Waals surface area contributed by atoms with Crippen LogP contribution >= 0.6 is 0 Å². The third-order valence-electron chi connectivity index (χ3n) is 2.09. The van der Waals surface area contributed by atoms with Crippen LogP contribution in [-0.2, 0) is 0 Å². The molecule has 1 heterocycles. The summed E-state index contributed by atoms with van der Waals surface area (Å²) in [7, 11) is 0. The van der Waals surface area contributed by atoms with E-state index in [1.807, 2.05) is 66.8 Å². The highest BCUT2D eigenvalue weighted by atomic mass is 15.2. The summed E-state index contributed by atoms with van der Waals surface area (Å²) >= 11 is 0. The highest BCUT2D eigenvalue weighted by Crippen LogP contribution is 1.82. The topological polar surface area (TPSA) is 24.7 Å². The second-order valence-electron chi connectivity index (χ2n) is 3.24. The van der Waals surface area contributed by atoms with Crippen LogP contribution in [0.15, 0.2) is 70.9 Å². The van der Waals surface area contributed by atoms with E-state index in [0.29, 0.717) is 0 Å². The van der Waals surface area contributed by atoms with E-state index in [-0.39, 0.29) is 0 Å². The fourth-order valence-corrected chi connectivity index (χ4v) is 1.32. The molecule has 0 saturated carbocycles. The van der Waals surface area contributed by atoms with Crippen LogP contribution in [0.5, 0.6) is 0 Å². The van der Waals surface area contributed by atoms with Gasteiger partial charge in [0.1, 0.15) is 0 Å². The summed E-state index contributed by atoms with van der Waals surface area (Å²) < 4.78 is 0. The van der Waals surface area contributed by atoms with Crippen LogP contribution < -0.4 is 10.6 Å². The number of rotatable bonds is 0. The quantitative estimate of drug-likeness (QED) is 0.620. The first-order valence-corrected chi connectivity index (χ1v) is 5.13. The Balaban J connectivity index is 2.57. The van der Waals surface area contributed by atoms with E-state index < -0.39 is 0 Å². The Morgan fingerprint density at radius 2 is 1.50 bits per heavy atom. The van der Waals surface area contributed by atoms with Gasteiger partial charge in [-0.2, -0.15) is 10.2 Å². The predicted molar refractivity (Wildman–Crippen MR) is 67.6 cm³/mol. The number of fused-ring (bicyclic) bond motifs is 1. The lowest BCUT2D eigenvalue weighted by Gasteiger charge is -1.86. The van der Waals surface area contributed by atoms with Gasteiger partial charge in [-0.3, -0.25) is 0 Å². The number of hydrogen-bond donors (Lipinski definition) is 0. The molecule has 16 heavy (non-hydrogen) atoms. The molecule has 0 N–H and O–H groups in total. The number of nitrogens with zero attached hydrogens (tertiary/aromatic N) is 2. The van der Waals surface area contributed by atoms with E-state index in [9.17, 15) is 0 Å². The van der Waals surface area contributed by atoms with E-state index in [4.69, 9.17) is 0 Å². The zero-order valence-electron chi connectivity index (χ0n) is 8.82. The van der Waals surface area contributed by atoms with Gasteiger partial charge in [0.2, 0.25) is 0 Å². The van der Waals surface area contributed by atoms with Crippen molar-refractivity contribution >= 4 is 12.3 Å². The van der Waals surface area contributed by atoms with E-state index in [0.717, 1.165) is 10.6 Å². The molecule has 2 rings (SSSR count). The summed E-state index contributed by atoms with van der Waals surface area (Å²) in [6.07, 6.45) is 15.4. The summed E-state index contributed by atoms with van der Waals surface area (Å²) in [5.74, 6) is 0. The van der Waals surface area contributed by atoms with Crippen LogP contribution in [0.3, 0.4) is 0 Å². The maximum atomic E-state index is 4.15. The minimum absolute atomic E-state index is 0.876. The van der Waals surface area contributed by atoms with E-state index in [1.165, 1.54) is 0 Å². The molecular formula is C14H12N2. The van der Waals surface area contributed by atoms with Crippen LogP contribution in [0.2, 0.25) is 0 Å². The van der Waals surface area contributed by atoms with Crippen molar-refractivity contribution in [2.24, 2.45) is 10.2 Å². The average molecular weight is 208 g/mol. The molecule has 0 unspecified atom stereocenters. The maximum absolute atomic E-state index is 4.15. The molecule has 1 aromatic carbocycles. The van der Waals surface area contributed by atoms with Crippen LogP contribution in [0, 0.1) is 0 Å². The molecule has 0 aliphatic carbocycles.